The molecule has 0 aliphatic carbocycles. The maximum absolute atomic E-state index is 5.12. The highest BCUT2D eigenvalue weighted by Gasteiger charge is 2.34. The summed E-state index contributed by atoms with van der Waals surface area (Å²) in [7, 11) is 0. The van der Waals surface area contributed by atoms with Gasteiger partial charge in [-0.25, -0.2) is 4.98 Å². The van der Waals surface area contributed by atoms with Crippen molar-refractivity contribution < 1.29 is 0 Å². The van der Waals surface area contributed by atoms with E-state index in [-0.39, 0.29) is 16.2 Å². The predicted octanol–water partition coefficient (Wildman–Crippen LogP) is 15.7. The zero-order valence-corrected chi connectivity index (χ0v) is 39.4. The normalized spacial score (nSPS) is 13.5. The zero-order chi connectivity index (χ0) is 45.3. The summed E-state index contributed by atoms with van der Waals surface area (Å²) in [5, 5.41) is 2.43. The van der Waals surface area contributed by atoms with E-state index in [2.05, 4.69) is 259 Å². The standard InChI is InChI=1S/C61H60N4/c1-58(2,3)47-35-48(59(4,5)6)38-50(37-47)64-41-63(54-29-18-19-30-55(54)64)49-26-20-25-44(36-49)60(7,8)45-31-32-52-51-27-16-17-28-53(51)65(56(52)39-45)57-40-46(33-34-62-57)61(9,42-21-12-10-13-22-42)43-23-14-11-15-24-43/h10-40H,41H2,1-9H3. The Labute approximate surface area is 385 Å². The molecule has 0 spiro atoms. The fraction of sp³-hybridized carbons (Fsp3) is 0.230. The van der Waals surface area contributed by atoms with Gasteiger partial charge in [-0.15, -0.1) is 0 Å². The van der Waals surface area contributed by atoms with Gasteiger partial charge >= 0.3 is 0 Å². The molecule has 10 rings (SSSR count). The summed E-state index contributed by atoms with van der Waals surface area (Å²) in [6.45, 7) is 21.7. The van der Waals surface area contributed by atoms with E-state index in [1.165, 1.54) is 72.5 Å². The van der Waals surface area contributed by atoms with Gasteiger partial charge < -0.3 is 9.80 Å². The SMILES string of the molecule is CC(C)(C)c1cc(N2CN(c3cccc(C(C)(C)c4ccc5c6ccccc6n(-c6cc(C(C)(c7ccccc7)c7ccccc7)ccn6)c5c4)c3)c3ccccc32)cc(C(C)(C)C)c1. The van der Waals surface area contributed by atoms with Gasteiger partial charge in [0.2, 0.25) is 0 Å². The minimum atomic E-state index is -0.393. The van der Waals surface area contributed by atoms with Crippen LogP contribution in [0.5, 0.6) is 0 Å². The van der Waals surface area contributed by atoms with Gasteiger partial charge in [0.05, 0.1) is 22.4 Å². The third-order valence-electron chi connectivity index (χ3n) is 14.2. The second-order valence-corrected chi connectivity index (χ2v) is 20.8. The second-order valence-electron chi connectivity index (χ2n) is 20.8. The van der Waals surface area contributed by atoms with Crippen molar-refractivity contribution in [1.82, 2.24) is 9.55 Å². The first-order valence-corrected chi connectivity index (χ1v) is 23.1. The lowest BCUT2D eigenvalue weighted by molar-refractivity contribution is 0.568. The number of fused-ring (bicyclic) bond motifs is 4. The molecule has 1 aliphatic heterocycles. The molecule has 1 aliphatic rings. The van der Waals surface area contributed by atoms with Gasteiger partial charge in [0.25, 0.3) is 0 Å². The molecule has 324 valence electrons. The fourth-order valence-electron chi connectivity index (χ4n) is 10.0. The molecule has 9 aromatic rings. The number of pyridine rings is 1. The molecular weight excluding hydrogens is 789 g/mol. The molecule has 0 radical (unpaired) electrons. The van der Waals surface area contributed by atoms with Crippen LogP contribution in [-0.2, 0) is 21.7 Å². The highest BCUT2D eigenvalue weighted by atomic mass is 15.4. The van der Waals surface area contributed by atoms with E-state index < -0.39 is 5.41 Å². The van der Waals surface area contributed by atoms with Crippen LogP contribution in [0.3, 0.4) is 0 Å². The van der Waals surface area contributed by atoms with Crippen molar-refractivity contribution >= 4 is 44.6 Å². The molecule has 0 saturated heterocycles. The van der Waals surface area contributed by atoms with Crippen molar-refractivity contribution in [2.24, 2.45) is 0 Å². The minimum absolute atomic E-state index is 0.0267. The first-order valence-electron chi connectivity index (χ1n) is 23.1. The first kappa shape index (κ1) is 42.1. The molecule has 2 aromatic heterocycles. The number of rotatable bonds is 8. The predicted molar refractivity (Wildman–Crippen MR) is 275 cm³/mol. The van der Waals surface area contributed by atoms with Crippen molar-refractivity contribution in [1.29, 1.82) is 0 Å². The number of nitrogens with zero attached hydrogens (tertiary/aromatic N) is 4. The third-order valence-corrected chi connectivity index (χ3v) is 14.2. The molecule has 0 bridgehead atoms. The van der Waals surface area contributed by atoms with Crippen LogP contribution >= 0.6 is 0 Å². The van der Waals surface area contributed by atoms with Crippen LogP contribution in [0, 0.1) is 0 Å². The van der Waals surface area contributed by atoms with Crippen molar-refractivity contribution in [2.75, 3.05) is 16.5 Å². The van der Waals surface area contributed by atoms with Gasteiger partial charge in [0.1, 0.15) is 12.5 Å². The summed E-state index contributed by atoms with van der Waals surface area (Å²) in [4.78, 5) is 10.1. The Kier molecular flexibility index (Phi) is 10.1. The van der Waals surface area contributed by atoms with E-state index in [9.17, 15) is 0 Å². The van der Waals surface area contributed by atoms with E-state index in [1.807, 2.05) is 6.20 Å². The average Bonchev–Trinajstić information content (AvgIpc) is 3.87. The number of para-hydroxylation sites is 3. The Hall–Kier alpha value is -6.91. The Morgan fingerprint density at radius 2 is 0.908 bits per heavy atom. The number of anilines is 4. The summed E-state index contributed by atoms with van der Waals surface area (Å²) in [5.74, 6) is 0.906. The van der Waals surface area contributed by atoms with Crippen LogP contribution in [0.1, 0.15) is 101 Å². The molecule has 7 aromatic carbocycles. The molecule has 3 heterocycles. The van der Waals surface area contributed by atoms with Crippen LogP contribution < -0.4 is 9.80 Å². The monoisotopic (exact) mass is 848 g/mol. The highest BCUT2D eigenvalue weighted by molar-refractivity contribution is 6.09. The van der Waals surface area contributed by atoms with Crippen LogP contribution in [0.4, 0.5) is 22.7 Å². The van der Waals surface area contributed by atoms with E-state index in [4.69, 9.17) is 4.98 Å². The van der Waals surface area contributed by atoms with Crippen LogP contribution in [0.2, 0.25) is 0 Å². The number of benzene rings is 7. The number of hydrogen-bond donors (Lipinski definition) is 0. The summed E-state index contributed by atoms with van der Waals surface area (Å²) >= 11 is 0. The zero-order valence-electron chi connectivity index (χ0n) is 39.4. The maximum Gasteiger partial charge on any atom is 0.137 e. The maximum atomic E-state index is 5.12. The molecule has 0 unspecified atom stereocenters. The Bertz CT molecular complexity index is 3130. The van der Waals surface area contributed by atoms with E-state index >= 15 is 0 Å². The van der Waals surface area contributed by atoms with Crippen molar-refractivity contribution in [3.8, 4) is 5.82 Å². The quantitative estimate of drug-likeness (QED) is 0.152. The molecule has 0 saturated carbocycles. The smallest absolute Gasteiger partial charge is 0.137 e. The third kappa shape index (κ3) is 7.30. The molecule has 4 nitrogen and oxygen atoms in total. The largest absolute Gasteiger partial charge is 0.321 e. The second kappa shape index (κ2) is 15.7. The molecule has 4 heteroatoms. The van der Waals surface area contributed by atoms with E-state index in [0.717, 1.165) is 23.5 Å². The average molecular weight is 849 g/mol. The molecule has 0 amide bonds. The van der Waals surface area contributed by atoms with Crippen molar-refractivity contribution in [2.45, 2.75) is 84.0 Å². The lowest BCUT2D eigenvalue weighted by atomic mass is 9.71. The van der Waals surface area contributed by atoms with Crippen LogP contribution in [0.25, 0.3) is 27.6 Å². The summed E-state index contributed by atoms with van der Waals surface area (Å²) in [5.41, 5.74) is 15.4. The molecule has 0 atom stereocenters. The summed E-state index contributed by atoms with van der Waals surface area (Å²) in [6, 6.07) is 67.3. The lowest BCUT2D eigenvalue weighted by Crippen LogP contribution is -2.26. The van der Waals surface area contributed by atoms with Crippen molar-refractivity contribution in [3.63, 3.8) is 0 Å². The highest BCUT2D eigenvalue weighted by Crippen LogP contribution is 2.47. The van der Waals surface area contributed by atoms with Gasteiger partial charge in [-0.2, -0.15) is 0 Å². The molecule has 65 heavy (non-hydrogen) atoms. The van der Waals surface area contributed by atoms with Crippen molar-refractivity contribution in [3.05, 3.63) is 227 Å². The number of hydrogen-bond acceptors (Lipinski definition) is 3. The molecule has 0 N–H and O–H groups in total. The van der Waals surface area contributed by atoms with Gasteiger partial charge in [0.15, 0.2) is 0 Å². The molecular formula is C61H60N4. The van der Waals surface area contributed by atoms with E-state index in [1.54, 1.807) is 0 Å². The Morgan fingerprint density at radius 1 is 0.385 bits per heavy atom. The summed E-state index contributed by atoms with van der Waals surface area (Å²) in [6.07, 6.45) is 1.98. The Balaban J connectivity index is 1.05. The van der Waals surface area contributed by atoms with Crippen LogP contribution in [0.15, 0.2) is 188 Å². The first-order chi connectivity index (χ1) is 31.1. The lowest BCUT2D eigenvalue weighted by Gasteiger charge is -2.32. The Morgan fingerprint density at radius 3 is 1.54 bits per heavy atom. The number of aromatic nitrogens is 2. The van der Waals surface area contributed by atoms with Gasteiger partial charge in [-0.05, 0) is 117 Å². The summed E-state index contributed by atoms with van der Waals surface area (Å²) < 4.78 is 2.37. The fourth-order valence-corrected chi connectivity index (χ4v) is 10.0. The van der Waals surface area contributed by atoms with Gasteiger partial charge in [-0.1, -0.05) is 177 Å². The van der Waals surface area contributed by atoms with E-state index in [0.29, 0.717) is 0 Å². The minimum Gasteiger partial charge on any atom is -0.321 e. The van der Waals surface area contributed by atoms with Crippen LogP contribution in [-0.4, -0.2) is 16.2 Å². The van der Waals surface area contributed by atoms with Gasteiger partial charge in [0, 0.05) is 39.2 Å². The molecule has 0 fully saturated rings. The topological polar surface area (TPSA) is 24.3 Å². The van der Waals surface area contributed by atoms with Gasteiger partial charge in [-0.3, -0.25) is 4.57 Å².